The zero-order valence-corrected chi connectivity index (χ0v) is 50.6. The van der Waals surface area contributed by atoms with Gasteiger partial charge in [-0.05, 0) is 106 Å². The SMILES string of the molecule is CCCC[P+](CCCC)(CCCC)c1ccccc1.CCCC[P+](CCCC)(CCCC)c1ccccc1.CCCC[P+](CCCC)(CCCC)c1ccccc1.O=C([O-])c1ccc(C(=O)[O-])c(S(=O)(=O)[O-])c1. The Labute approximate surface area is 448 Å². The molecule has 4 aromatic carbocycles. The fourth-order valence-corrected chi connectivity index (χ4v) is 25.3. The molecule has 0 bridgehead atoms. The second kappa shape index (κ2) is 39.4. The number of hydrogen-bond acceptors (Lipinski definition) is 7. The molecular formula is C62H99O7P3S. The first-order valence-corrected chi connectivity index (χ1v) is 36.8. The van der Waals surface area contributed by atoms with Crippen molar-refractivity contribution >= 4 is 59.8 Å². The molecule has 0 amide bonds. The van der Waals surface area contributed by atoms with E-state index in [4.69, 9.17) is 0 Å². The molecule has 0 spiro atoms. The topological polar surface area (TPSA) is 137 Å². The first-order valence-electron chi connectivity index (χ1n) is 28.4. The third-order valence-corrected chi connectivity index (χ3v) is 29.7. The predicted molar refractivity (Wildman–Crippen MR) is 320 cm³/mol. The van der Waals surface area contributed by atoms with Gasteiger partial charge in [-0.15, -0.1) is 0 Å². The Morgan fingerprint density at radius 1 is 0.370 bits per heavy atom. The summed E-state index contributed by atoms with van der Waals surface area (Å²) in [7, 11) is -7.79. The van der Waals surface area contributed by atoms with E-state index in [-0.39, 0.29) is 0 Å². The summed E-state index contributed by atoms with van der Waals surface area (Å²) in [5, 5.41) is 26.0. The first kappa shape index (κ1) is 68.0. The molecular weight excluding hydrogens is 982 g/mol. The molecule has 0 aliphatic rings. The van der Waals surface area contributed by atoms with Crippen molar-refractivity contribution in [2.75, 3.05) is 55.5 Å². The summed E-state index contributed by atoms with van der Waals surface area (Å²) in [5.74, 6) is -3.62. The van der Waals surface area contributed by atoms with Crippen LogP contribution in [0.3, 0.4) is 0 Å². The molecule has 0 saturated heterocycles. The van der Waals surface area contributed by atoms with Crippen LogP contribution in [0.1, 0.15) is 199 Å². The van der Waals surface area contributed by atoms with Gasteiger partial charge in [0.1, 0.15) is 10.1 Å². The first-order chi connectivity index (χ1) is 35.1. The molecule has 4 aromatic rings. The molecule has 0 heterocycles. The van der Waals surface area contributed by atoms with E-state index in [0.29, 0.717) is 12.1 Å². The molecule has 0 aliphatic carbocycles. The lowest BCUT2D eigenvalue weighted by atomic mass is 10.1. The van der Waals surface area contributed by atoms with Gasteiger partial charge in [0.15, 0.2) is 0 Å². The number of rotatable bonds is 33. The van der Waals surface area contributed by atoms with Gasteiger partial charge in [0.2, 0.25) is 0 Å². The van der Waals surface area contributed by atoms with Crippen molar-refractivity contribution in [1.82, 2.24) is 0 Å². The normalized spacial score (nSPS) is 11.6. The molecule has 0 aromatic heterocycles. The minimum atomic E-state index is -5.10. The average molecular weight is 1080 g/mol. The molecule has 0 N–H and O–H groups in total. The van der Waals surface area contributed by atoms with Crippen LogP contribution in [-0.4, -0.2) is 80.4 Å². The molecule has 0 atom stereocenters. The molecule has 0 unspecified atom stereocenters. The highest BCUT2D eigenvalue weighted by Crippen LogP contribution is 2.61. The van der Waals surface area contributed by atoms with E-state index in [1.165, 1.54) is 171 Å². The van der Waals surface area contributed by atoms with Gasteiger partial charge in [-0.3, -0.25) is 0 Å². The van der Waals surface area contributed by atoms with Crippen molar-refractivity contribution < 1.29 is 32.8 Å². The van der Waals surface area contributed by atoms with Gasteiger partial charge in [0.05, 0.1) is 88.2 Å². The highest BCUT2D eigenvalue weighted by molar-refractivity contribution is 7.86. The van der Waals surface area contributed by atoms with Crippen LogP contribution in [0, 0.1) is 0 Å². The Bertz CT molecular complexity index is 1910. The van der Waals surface area contributed by atoms with Crippen LogP contribution in [0.25, 0.3) is 0 Å². The van der Waals surface area contributed by atoms with Gasteiger partial charge in [-0.25, -0.2) is 8.42 Å². The third kappa shape index (κ3) is 25.2. The number of carboxylic acid groups (broad SMARTS) is 2. The van der Waals surface area contributed by atoms with Crippen molar-refractivity contribution in [3.63, 3.8) is 0 Å². The smallest absolute Gasteiger partial charge is 0.125 e. The van der Waals surface area contributed by atoms with Crippen LogP contribution < -0.4 is 26.1 Å². The van der Waals surface area contributed by atoms with E-state index in [2.05, 4.69) is 153 Å². The zero-order chi connectivity index (χ0) is 54.4. The summed E-state index contributed by atoms with van der Waals surface area (Å²) in [6, 6.07) is 36.3. The molecule has 410 valence electrons. The molecule has 0 aliphatic heterocycles. The van der Waals surface area contributed by atoms with E-state index in [0.717, 1.165) is 6.07 Å². The van der Waals surface area contributed by atoms with Gasteiger partial charge in [-0.1, -0.05) is 187 Å². The minimum absolute atomic E-state index is 0.419. The lowest BCUT2D eigenvalue weighted by molar-refractivity contribution is -0.256. The van der Waals surface area contributed by atoms with Crippen molar-refractivity contribution in [3.8, 4) is 0 Å². The van der Waals surface area contributed by atoms with Crippen molar-refractivity contribution in [2.45, 2.75) is 183 Å². The third-order valence-electron chi connectivity index (χ3n) is 14.1. The van der Waals surface area contributed by atoms with Crippen LogP contribution in [0.5, 0.6) is 0 Å². The Hall–Kier alpha value is -2.98. The molecule has 11 heteroatoms. The molecule has 0 radical (unpaired) electrons. The summed E-state index contributed by atoms with van der Waals surface area (Å²) in [6.45, 7) is 21.0. The van der Waals surface area contributed by atoms with Crippen molar-refractivity contribution in [2.24, 2.45) is 0 Å². The summed E-state index contributed by atoms with van der Waals surface area (Å²) >= 11 is 0. The van der Waals surface area contributed by atoms with E-state index < -0.39 is 59.9 Å². The minimum Gasteiger partial charge on any atom is -0.744 e. The molecule has 73 heavy (non-hydrogen) atoms. The molecule has 7 nitrogen and oxygen atoms in total. The van der Waals surface area contributed by atoms with Crippen LogP contribution in [0.15, 0.2) is 114 Å². The van der Waals surface area contributed by atoms with Crippen molar-refractivity contribution in [3.05, 3.63) is 120 Å². The second-order valence-corrected chi connectivity index (χ2v) is 33.7. The Morgan fingerprint density at radius 2 is 0.603 bits per heavy atom. The van der Waals surface area contributed by atoms with Gasteiger partial charge < -0.3 is 24.4 Å². The quantitative estimate of drug-likeness (QED) is 0.0342. The van der Waals surface area contributed by atoms with Gasteiger partial charge in [-0.2, -0.15) is 0 Å². The number of carbonyl (C=O) groups excluding carboxylic acids is 2. The molecule has 4 rings (SSSR count). The molecule has 0 fully saturated rings. The maximum atomic E-state index is 10.7. The standard InChI is InChI=1S/3C18H32P.C8H6O7S/c3*1-4-7-15-19(16-8-5-2,17-9-6-3)18-13-11-10-12-14-18;9-7(10)4-1-2-5(8(11)12)6(3-4)16(13,14)15/h3*10-14H,4-9,15-17H2,1-3H3;1-3H,(H,9,10)(H,11,12)(H,13,14,15)/q3*+1;/p-3. The average Bonchev–Trinajstić information content (AvgIpc) is 3.41. The maximum Gasteiger partial charge on any atom is 0.125 e. The number of aromatic carboxylic acids is 2. The monoisotopic (exact) mass is 1080 g/mol. The van der Waals surface area contributed by atoms with E-state index >= 15 is 0 Å². The van der Waals surface area contributed by atoms with Gasteiger partial charge in [0.25, 0.3) is 0 Å². The largest absolute Gasteiger partial charge is 0.744 e. The predicted octanol–water partition coefficient (Wildman–Crippen LogP) is 14.5. The molecule has 0 saturated carbocycles. The van der Waals surface area contributed by atoms with Crippen molar-refractivity contribution in [1.29, 1.82) is 0 Å². The van der Waals surface area contributed by atoms with Crippen LogP contribution >= 0.6 is 21.8 Å². The van der Waals surface area contributed by atoms with Crippen LogP contribution in [-0.2, 0) is 10.1 Å². The fourth-order valence-electron chi connectivity index (χ4n) is 9.57. The van der Waals surface area contributed by atoms with Gasteiger partial charge in [0, 0.05) is 27.4 Å². The Kier molecular flexibility index (Phi) is 36.7. The summed E-state index contributed by atoms with van der Waals surface area (Å²) in [6.07, 6.45) is 38.1. The second-order valence-electron chi connectivity index (χ2n) is 19.9. The maximum absolute atomic E-state index is 10.7. The lowest BCUT2D eigenvalue weighted by Crippen LogP contribution is -2.26. The highest BCUT2D eigenvalue weighted by Gasteiger charge is 2.40. The number of hydrogen-bond donors (Lipinski definition) is 0. The van der Waals surface area contributed by atoms with Gasteiger partial charge >= 0.3 is 0 Å². The van der Waals surface area contributed by atoms with E-state index in [1.54, 1.807) is 15.9 Å². The van der Waals surface area contributed by atoms with E-state index in [9.17, 15) is 32.8 Å². The number of unbranched alkanes of at least 4 members (excludes halogenated alkanes) is 9. The zero-order valence-electron chi connectivity index (χ0n) is 47.1. The summed E-state index contributed by atoms with van der Waals surface area (Å²) < 4.78 is 32.0. The number of carbonyl (C=O) groups is 2. The fraction of sp³-hybridized carbons (Fsp3) is 0.581. The Balaban J connectivity index is 0.000000488. The van der Waals surface area contributed by atoms with Crippen LogP contribution in [0.2, 0.25) is 0 Å². The van der Waals surface area contributed by atoms with E-state index in [1.807, 2.05) is 0 Å². The highest BCUT2D eigenvalue weighted by atomic mass is 32.2. The van der Waals surface area contributed by atoms with Crippen LogP contribution in [0.4, 0.5) is 0 Å². The number of benzene rings is 4. The Morgan fingerprint density at radius 3 is 0.781 bits per heavy atom. The summed E-state index contributed by atoms with van der Waals surface area (Å²) in [5.41, 5.74) is -1.50. The summed E-state index contributed by atoms with van der Waals surface area (Å²) in [4.78, 5) is 19.7. The lowest BCUT2D eigenvalue weighted by Gasteiger charge is -2.27. The number of carboxylic acids is 2.